The number of nitrogens with one attached hydrogen (secondary N) is 1. The molecule has 3 nitrogen and oxygen atoms in total. The number of hydrogen-bond donors (Lipinski definition) is 2. The van der Waals surface area contributed by atoms with Crippen LogP contribution in [0.15, 0.2) is 18.2 Å². The molecule has 0 spiro atoms. The van der Waals surface area contributed by atoms with Crippen molar-refractivity contribution in [3.05, 3.63) is 34.3 Å². The lowest BCUT2D eigenvalue weighted by atomic mass is 10.1. The number of hydrogen-bond acceptors (Lipinski definition) is 3. The smallest absolute Gasteiger partial charge is 0.389 e. The fourth-order valence-electron chi connectivity index (χ4n) is 1.51. The molecule has 0 unspecified atom stereocenters. The van der Waals surface area contributed by atoms with Gasteiger partial charge in [-0.05, 0) is 23.8 Å². The molecule has 0 radical (unpaired) electrons. The molecule has 0 saturated carbocycles. The van der Waals surface area contributed by atoms with Crippen LogP contribution in [0.4, 0.5) is 13.2 Å². The second kappa shape index (κ2) is 7.09. The third-order valence-electron chi connectivity index (χ3n) is 2.43. The molecule has 0 heterocycles. The summed E-state index contributed by atoms with van der Waals surface area (Å²) >= 11 is 5.83. The van der Waals surface area contributed by atoms with Crippen molar-refractivity contribution in [3.8, 4) is 0 Å². The Morgan fingerprint density at radius 1 is 1.42 bits per heavy atom. The first-order valence-corrected chi connectivity index (χ1v) is 5.95. The van der Waals surface area contributed by atoms with E-state index in [1.807, 2.05) is 0 Å². The summed E-state index contributed by atoms with van der Waals surface area (Å²) in [6, 6.07) is 3.15. The number of aliphatic hydroxyl groups excluding tert-OH is 1. The summed E-state index contributed by atoms with van der Waals surface area (Å²) in [6.07, 6.45) is -5.11. The molecule has 1 aromatic rings. The lowest BCUT2D eigenvalue weighted by Crippen LogP contribution is -2.29. The minimum Gasteiger partial charge on any atom is -0.389 e. The number of methoxy groups -OCH3 is 1. The molecule has 1 aromatic carbocycles. The van der Waals surface area contributed by atoms with Crippen LogP contribution in [0.2, 0.25) is 5.02 Å². The van der Waals surface area contributed by atoms with Gasteiger partial charge >= 0.3 is 6.18 Å². The van der Waals surface area contributed by atoms with Gasteiger partial charge in [-0.1, -0.05) is 11.6 Å². The third kappa shape index (κ3) is 5.36. The standard InChI is InChI=1S/C12H15ClF3NO2/c1-19-7-10(18)6-17-5-8-4-9(12(14,15)16)2-3-11(8)13/h2-4,10,17-18H,5-7H2,1H3/t10-/m1/s1. The lowest BCUT2D eigenvalue weighted by Gasteiger charge is -2.13. The predicted molar refractivity (Wildman–Crippen MR) is 66.0 cm³/mol. The highest BCUT2D eigenvalue weighted by molar-refractivity contribution is 6.31. The average molecular weight is 298 g/mol. The van der Waals surface area contributed by atoms with Crippen molar-refractivity contribution in [2.45, 2.75) is 18.8 Å². The zero-order chi connectivity index (χ0) is 14.5. The number of alkyl halides is 3. The van der Waals surface area contributed by atoms with E-state index in [0.717, 1.165) is 12.1 Å². The molecule has 19 heavy (non-hydrogen) atoms. The predicted octanol–water partition coefficient (Wildman–Crippen LogP) is 2.46. The van der Waals surface area contributed by atoms with Gasteiger partial charge in [0, 0.05) is 25.2 Å². The minimum atomic E-state index is -4.39. The number of aliphatic hydroxyl groups is 1. The molecule has 0 aliphatic rings. The molecule has 1 atom stereocenters. The summed E-state index contributed by atoms with van der Waals surface area (Å²) in [5.74, 6) is 0. The van der Waals surface area contributed by atoms with Gasteiger partial charge in [0.05, 0.1) is 18.3 Å². The van der Waals surface area contributed by atoms with Crippen LogP contribution < -0.4 is 5.32 Å². The first kappa shape index (κ1) is 16.2. The fraction of sp³-hybridized carbons (Fsp3) is 0.500. The first-order chi connectivity index (χ1) is 8.84. The zero-order valence-electron chi connectivity index (χ0n) is 10.3. The van der Waals surface area contributed by atoms with Gasteiger partial charge in [0.2, 0.25) is 0 Å². The van der Waals surface area contributed by atoms with Gasteiger partial charge in [0.15, 0.2) is 0 Å². The highest BCUT2D eigenvalue weighted by Crippen LogP contribution is 2.31. The van der Waals surface area contributed by atoms with E-state index < -0.39 is 17.8 Å². The van der Waals surface area contributed by atoms with E-state index in [-0.39, 0.29) is 24.7 Å². The Morgan fingerprint density at radius 3 is 2.68 bits per heavy atom. The SMILES string of the molecule is COC[C@H](O)CNCc1cc(C(F)(F)F)ccc1Cl. The molecule has 0 bridgehead atoms. The van der Waals surface area contributed by atoms with Crippen LogP contribution in [0.1, 0.15) is 11.1 Å². The summed E-state index contributed by atoms with van der Waals surface area (Å²) in [6.45, 7) is 0.507. The molecule has 0 aliphatic carbocycles. The van der Waals surface area contributed by atoms with Crippen molar-refractivity contribution in [1.82, 2.24) is 5.32 Å². The highest BCUT2D eigenvalue weighted by atomic mass is 35.5. The van der Waals surface area contributed by atoms with Crippen molar-refractivity contribution in [2.75, 3.05) is 20.3 Å². The van der Waals surface area contributed by atoms with Crippen LogP contribution >= 0.6 is 11.6 Å². The van der Waals surface area contributed by atoms with Gasteiger partial charge < -0.3 is 15.2 Å². The van der Waals surface area contributed by atoms with Crippen molar-refractivity contribution in [2.24, 2.45) is 0 Å². The van der Waals surface area contributed by atoms with Gasteiger partial charge in [0.25, 0.3) is 0 Å². The topological polar surface area (TPSA) is 41.5 Å². The van der Waals surface area contributed by atoms with E-state index in [9.17, 15) is 18.3 Å². The van der Waals surface area contributed by atoms with Crippen molar-refractivity contribution in [1.29, 1.82) is 0 Å². The average Bonchev–Trinajstić information content (AvgIpc) is 2.30. The van der Waals surface area contributed by atoms with E-state index in [0.29, 0.717) is 5.56 Å². The Bertz CT molecular complexity index is 412. The van der Waals surface area contributed by atoms with Crippen LogP contribution in [-0.4, -0.2) is 31.5 Å². The van der Waals surface area contributed by atoms with Gasteiger partial charge in [-0.3, -0.25) is 0 Å². The van der Waals surface area contributed by atoms with Gasteiger partial charge in [0.1, 0.15) is 0 Å². The summed E-state index contributed by atoms with van der Waals surface area (Å²) in [5, 5.41) is 12.5. The minimum absolute atomic E-state index is 0.142. The van der Waals surface area contributed by atoms with E-state index in [2.05, 4.69) is 5.32 Å². The quantitative estimate of drug-likeness (QED) is 0.847. The highest BCUT2D eigenvalue weighted by Gasteiger charge is 2.30. The summed E-state index contributed by atoms with van der Waals surface area (Å²) < 4.78 is 42.3. The molecule has 108 valence electrons. The molecule has 1 rings (SSSR count). The van der Waals surface area contributed by atoms with Gasteiger partial charge in [-0.15, -0.1) is 0 Å². The number of benzene rings is 1. The fourth-order valence-corrected chi connectivity index (χ4v) is 1.70. The molecule has 0 aromatic heterocycles. The third-order valence-corrected chi connectivity index (χ3v) is 2.80. The van der Waals surface area contributed by atoms with Gasteiger partial charge in [-0.2, -0.15) is 13.2 Å². The number of rotatable bonds is 6. The van der Waals surface area contributed by atoms with Crippen molar-refractivity contribution in [3.63, 3.8) is 0 Å². The van der Waals surface area contributed by atoms with E-state index >= 15 is 0 Å². The van der Waals surface area contributed by atoms with E-state index in [1.54, 1.807) is 0 Å². The monoisotopic (exact) mass is 297 g/mol. The molecule has 0 amide bonds. The Labute approximate surface area is 114 Å². The number of ether oxygens (including phenoxy) is 1. The Kier molecular flexibility index (Phi) is 6.06. The molecule has 7 heteroatoms. The van der Waals surface area contributed by atoms with Gasteiger partial charge in [-0.25, -0.2) is 0 Å². The van der Waals surface area contributed by atoms with Crippen LogP contribution in [0.25, 0.3) is 0 Å². The zero-order valence-corrected chi connectivity index (χ0v) is 11.1. The molecular formula is C12H15ClF3NO2. The van der Waals surface area contributed by atoms with Crippen LogP contribution in [0.3, 0.4) is 0 Å². The Balaban J connectivity index is 2.63. The molecular weight excluding hydrogens is 283 g/mol. The Morgan fingerprint density at radius 2 is 2.11 bits per heavy atom. The van der Waals surface area contributed by atoms with Crippen LogP contribution in [0.5, 0.6) is 0 Å². The summed E-state index contributed by atoms with van der Waals surface area (Å²) in [5.41, 5.74) is -0.410. The van der Waals surface area contributed by atoms with E-state index in [1.165, 1.54) is 13.2 Å². The molecule has 0 saturated heterocycles. The molecule has 2 N–H and O–H groups in total. The van der Waals surface area contributed by atoms with E-state index in [4.69, 9.17) is 16.3 Å². The van der Waals surface area contributed by atoms with Crippen molar-refractivity contribution < 1.29 is 23.0 Å². The second-order valence-electron chi connectivity index (χ2n) is 4.04. The first-order valence-electron chi connectivity index (χ1n) is 5.58. The molecule has 0 aliphatic heterocycles. The van der Waals surface area contributed by atoms with Crippen molar-refractivity contribution >= 4 is 11.6 Å². The maximum absolute atomic E-state index is 12.5. The summed E-state index contributed by atoms with van der Waals surface area (Å²) in [7, 11) is 1.45. The Hall–Kier alpha value is -0.820. The number of halogens is 4. The largest absolute Gasteiger partial charge is 0.416 e. The second-order valence-corrected chi connectivity index (χ2v) is 4.45. The molecule has 0 fully saturated rings. The van der Waals surface area contributed by atoms with Crippen LogP contribution in [-0.2, 0) is 17.5 Å². The van der Waals surface area contributed by atoms with Crippen LogP contribution in [0, 0.1) is 0 Å². The maximum atomic E-state index is 12.5. The normalized spacial score (nSPS) is 13.6. The summed E-state index contributed by atoms with van der Waals surface area (Å²) in [4.78, 5) is 0. The maximum Gasteiger partial charge on any atom is 0.416 e. The lowest BCUT2D eigenvalue weighted by molar-refractivity contribution is -0.137.